The molecule has 2 aromatic rings. The van der Waals surface area contributed by atoms with E-state index >= 15 is 0 Å². The number of halogens is 1. The molecule has 1 fully saturated rings. The van der Waals surface area contributed by atoms with Crippen LogP contribution < -0.4 is 15.4 Å². The molecule has 2 aromatic heterocycles. The SMILES string of the molecule is CC1(N)CCN(c2cnc3c(n2)CN=C3Oc2cccnc2Cl)CC1. The Morgan fingerprint density at radius 3 is 2.84 bits per heavy atom. The van der Waals surface area contributed by atoms with E-state index in [-0.39, 0.29) is 5.54 Å². The lowest BCUT2D eigenvalue weighted by Crippen LogP contribution is -2.48. The van der Waals surface area contributed by atoms with E-state index in [4.69, 9.17) is 27.1 Å². The largest absolute Gasteiger partial charge is 0.434 e. The molecule has 8 heteroatoms. The first-order valence-corrected chi connectivity index (χ1v) is 8.63. The zero-order chi connectivity index (χ0) is 17.4. The highest BCUT2D eigenvalue weighted by Gasteiger charge is 2.28. The Morgan fingerprint density at radius 2 is 2.08 bits per heavy atom. The normalized spacial score (nSPS) is 18.7. The maximum atomic E-state index is 6.20. The number of hydrogen-bond donors (Lipinski definition) is 1. The number of pyridine rings is 1. The molecule has 2 aliphatic heterocycles. The van der Waals surface area contributed by atoms with Gasteiger partial charge in [0.2, 0.25) is 5.90 Å². The van der Waals surface area contributed by atoms with Crippen molar-refractivity contribution >= 4 is 23.3 Å². The fourth-order valence-electron chi connectivity index (χ4n) is 2.96. The van der Waals surface area contributed by atoms with Crippen LogP contribution in [-0.2, 0) is 6.54 Å². The summed E-state index contributed by atoms with van der Waals surface area (Å²) >= 11 is 6.04. The van der Waals surface area contributed by atoms with Gasteiger partial charge in [-0.3, -0.25) is 0 Å². The van der Waals surface area contributed by atoms with Crippen molar-refractivity contribution in [3.8, 4) is 5.75 Å². The van der Waals surface area contributed by atoms with Crippen molar-refractivity contribution in [3.05, 3.63) is 41.1 Å². The number of hydrogen-bond acceptors (Lipinski definition) is 7. The average molecular weight is 359 g/mol. The summed E-state index contributed by atoms with van der Waals surface area (Å²) in [5, 5.41) is 0.293. The van der Waals surface area contributed by atoms with Gasteiger partial charge in [-0.25, -0.2) is 19.9 Å². The first-order chi connectivity index (χ1) is 12.0. The van der Waals surface area contributed by atoms with Crippen LogP contribution in [0.3, 0.4) is 0 Å². The van der Waals surface area contributed by atoms with Crippen LogP contribution in [0.2, 0.25) is 5.15 Å². The molecule has 4 rings (SSSR count). The van der Waals surface area contributed by atoms with Crippen LogP contribution in [0.4, 0.5) is 5.82 Å². The van der Waals surface area contributed by atoms with Crippen molar-refractivity contribution in [2.45, 2.75) is 31.8 Å². The third-order valence-corrected chi connectivity index (χ3v) is 4.85. The maximum Gasteiger partial charge on any atom is 0.243 e. The lowest BCUT2D eigenvalue weighted by atomic mass is 9.91. The number of piperidine rings is 1. The van der Waals surface area contributed by atoms with Crippen molar-refractivity contribution in [1.82, 2.24) is 15.0 Å². The molecule has 4 heterocycles. The van der Waals surface area contributed by atoms with E-state index in [1.165, 1.54) is 0 Å². The molecule has 0 unspecified atom stereocenters. The van der Waals surface area contributed by atoms with Crippen molar-refractivity contribution in [3.63, 3.8) is 0 Å². The third-order valence-electron chi connectivity index (χ3n) is 4.57. The third kappa shape index (κ3) is 3.29. The van der Waals surface area contributed by atoms with E-state index in [9.17, 15) is 0 Å². The van der Waals surface area contributed by atoms with Crippen LogP contribution in [0.15, 0.2) is 29.5 Å². The Balaban J connectivity index is 1.51. The van der Waals surface area contributed by atoms with Gasteiger partial charge in [0, 0.05) is 24.8 Å². The second-order valence-electron chi connectivity index (χ2n) is 6.68. The van der Waals surface area contributed by atoms with Gasteiger partial charge < -0.3 is 15.4 Å². The quantitative estimate of drug-likeness (QED) is 0.827. The molecule has 7 nitrogen and oxygen atoms in total. The summed E-state index contributed by atoms with van der Waals surface area (Å²) in [4.78, 5) is 19.9. The topological polar surface area (TPSA) is 89.5 Å². The second kappa shape index (κ2) is 6.24. The second-order valence-corrected chi connectivity index (χ2v) is 7.04. The number of fused-ring (bicyclic) bond motifs is 1. The van der Waals surface area contributed by atoms with Crippen LogP contribution in [0.1, 0.15) is 31.2 Å². The van der Waals surface area contributed by atoms with E-state index in [1.807, 2.05) is 0 Å². The average Bonchev–Trinajstić information content (AvgIpc) is 2.99. The van der Waals surface area contributed by atoms with Crippen molar-refractivity contribution < 1.29 is 4.74 Å². The van der Waals surface area contributed by atoms with Gasteiger partial charge in [0.15, 0.2) is 10.9 Å². The zero-order valence-electron chi connectivity index (χ0n) is 13.9. The van der Waals surface area contributed by atoms with E-state index in [0.717, 1.165) is 37.4 Å². The first-order valence-electron chi connectivity index (χ1n) is 8.25. The highest BCUT2D eigenvalue weighted by molar-refractivity contribution is 6.31. The van der Waals surface area contributed by atoms with Crippen LogP contribution in [0, 0.1) is 0 Å². The Hall–Kier alpha value is -2.25. The van der Waals surface area contributed by atoms with Gasteiger partial charge in [-0.05, 0) is 31.9 Å². The van der Waals surface area contributed by atoms with Crippen LogP contribution in [0.5, 0.6) is 5.75 Å². The monoisotopic (exact) mass is 358 g/mol. The number of aromatic nitrogens is 3. The van der Waals surface area contributed by atoms with Crippen LogP contribution in [-0.4, -0.2) is 39.5 Å². The van der Waals surface area contributed by atoms with Gasteiger partial charge in [-0.2, -0.15) is 0 Å². The van der Waals surface area contributed by atoms with Gasteiger partial charge in [0.25, 0.3) is 0 Å². The minimum Gasteiger partial charge on any atom is -0.434 e. The van der Waals surface area contributed by atoms with Crippen molar-refractivity contribution in [2.75, 3.05) is 18.0 Å². The summed E-state index contributed by atoms with van der Waals surface area (Å²) in [6.45, 7) is 4.32. The summed E-state index contributed by atoms with van der Waals surface area (Å²) in [5.74, 6) is 1.75. The number of nitrogens with zero attached hydrogens (tertiary/aromatic N) is 5. The molecular formula is C17H19ClN6O. The molecule has 0 radical (unpaired) electrons. The lowest BCUT2D eigenvalue weighted by molar-refractivity contribution is 0.363. The summed E-state index contributed by atoms with van der Waals surface area (Å²) < 4.78 is 5.77. The van der Waals surface area contributed by atoms with Gasteiger partial charge in [0.1, 0.15) is 11.5 Å². The van der Waals surface area contributed by atoms with Crippen LogP contribution >= 0.6 is 11.6 Å². The standard InChI is InChI=1S/C17H19ClN6O/c1-17(19)4-7-24(8-5-17)13-10-21-14-11(23-13)9-22-16(14)25-12-3-2-6-20-15(12)18/h2-3,6,10H,4-5,7-9,19H2,1H3. The maximum absolute atomic E-state index is 6.20. The molecule has 0 spiro atoms. The van der Waals surface area contributed by atoms with E-state index in [0.29, 0.717) is 29.0 Å². The highest BCUT2D eigenvalue weighted by Crippen LogP contribution is 2.27. The fourth-order valence-corrected chi connectivity index (χ4v) is 3.12. The van der Waals surface area contributed by atoms with Gasteiger partial charge in [-0.15, -0.1) is 0 Å². The molecule has 0 amide bonds. The van der Waals surface area contributed by atoms with Crippen LogP contribution in [0.25, 0.3) is 0 Å². The smallest absolute Gasteiger partial charge is 0.243 e. The number of ether oxygens (including phenoxy) is 1. The molecule has 2 aliphatic rings. The first kappa shape index (κ1) is 16.2. The van der Waals surface area contributed by atoms with E-state index in [2.05, 4.69) is 26.8 Å². The minimum absolute atomic E-state index is 0.0895. The molecular weight excluding hydrogens is 340 g/mol. The summed E-state index contributed by atoms with van der Waals surface area (Å²) in [7, 11) is 0. The molecule has 0 bridgehead atoms. The summed E-state index contributed by atoms with van der Waals surface area (Å²) in [6.07, 6.45) is 5.26. The lowest BCUT2D eigenvalue weighted by Gasteiger charge is -2.37. The Bertz CT molecular complexity index is 828. The molecule has 130 valence electrons. The number of anilines is 1. The molecule has 1 saturated heterocycles. The minimum atomic E-state index is -0.0895. The predicted molar refractivity (Wildman–Crippen MR) is 96.2 cm³/mol. The van der Waals surface area contributed by atoms with Gasteiger partial charge in [-0.1, -0.05) is 11.6 Å². The number of rotatable bonds is 2. The van der Waals surface area contributed by atoms with Crippen molar-refractivity contribution in [1.29, 1.82) is 0 Å². The van der Waals surface area contributed by atoms with Gasteiger partial charge in [0.05, 0.1) is 18.4 Å². The molecule has 0 aliphatic carbocycles. The van der Waals surface area contributed by atoms with Gasteiger partial charge >= 0.3 is 0 Å². The Labute approximate surface area is 150 Å². The molecule has 0 saturated carbocycles. The van der Waals surface area contributed by atoms with E-state index < -0.39 is 0 Å². The number of aliphatic imine (C=N–C) groups is 1. The number of nitrogens with two attached hydrogens (primary N) is 1. The molecule has 25 heavy (non-hydrogen) atoms. The van der Waals surface area contributed by atoms with E-state index in [1.54, 1.807) is 24.5 Å². The molecule has 2 N–H and O–H groups in total. The predicted octanol–water partition coefficient (Wildman–Crippen LogP) is 2.18. The summed E-state index contributed by atoms with van der Waals surface area (Å²) in [6, 6.07) is 3.50. The zero-order valence-corrected chi connectivity index (χ0v) is 14.7. The Morgan fingerprint density at radius 1 is 1.28 bits per heavy atom. The molecule has 0 aromatic carbocycles. The molecule has 0 atom stereocenters. The Kier molecular flexibility index (Phi) is 4.05. The summed E-state index contributed by atoms with van der Waals surface area (Å²) in [5.41, 5.74) is 7.58. The van der Waals surface area contributed by atoms with Crippen molar-refractivity contribution in [2.24, 2.45) is 10.7 Å². The highest BCUT2D eigenvalue weighted by atomic mass is 35.5. The fraction of sp³-hybridized carbons (Fsp3) is 0.412.